The van der Waals surface area contributed by atoms with Crippen molar-refractivity contribution in [2.75, 3.05) is 0 Å². The molecule has 0 atom stereocenters. The predicted molar refractivity (Wildman–Crippen MR) is 53.6 cm³/mol. The Morgan fingerprint density at radius 2 is 1.47 bits per heavy atom. The SMILES string of the molecule is CC(=O)CC(=O)c1ccccc1.F.F.F. The smallest absolute Gasteiger partial charge is 0.170 e. The fourth-order valence-corrected chi connectivity index (χ4v) is 0.952. The largest absolute Gasteiger partial charge is 0.300 e. The Morgan fingerprint density at radius 3 is 1.87 bits per heavy atom. The van der Waals surface area contributed by atoms with Gasteiger partial charge in [-0.05, 0) is 6.92 Å². The molecule has 0 aliphatic heterocycles. The van der Waals surface area contributed by atoms with E-state index < -0.39 is 0 Å². The lowest BCUT2D eigenvalue weighted by molar-refractivity contribution is -0.116. The summed E-state index contributed by atoms with van der Waals surface area (Å²) in [5.41, 5.74) is 0.604. The van der Waals surface area contributed by atoms with Gasteiger partial charge in [0.05, 0.1) is 6.42 Å². The fourth-order valence-electron chi connectivity index (χ4n) is 0.952. The second-order valence-corrected chi connectivity index (χ2v) is 2.67. The summed E-state index contributed by atoms with van der Waals surface area (Å²) in [7, 11) is 0. The van der Waals surface area contributed by atoms with Gasteiger partial charge < -0.3 is 0 Å². The molecule has 0 saturated heterocycles. The Balaban J connectivity index is -0.000000480. The standard InChI is InChI=1S/C10H10O2.3FH/c1-8(11)7-10(12)9-5-3-2-4-6-9;;;/h2-6H,7H2,1H3;3*1H. The second-order valence-electron chi connectivity index (χ2n) is 2.67. The molecule has 0 saturated carbocycles. The van der Waals surface area contributed by atoms with Crippen molar-refractivity contribution in [1.29, 1.82) is 0 Å². The van der Waals surface area contributed by atoms with E-state index in [0.717, 1.165) is 0 Å². The third-order valence-electron chi connectivity index (χ3n) is 1.51. The average Bonchev–Trinajstić information content (AvgIpc) is 2.05. The average molecular weight is 222 g/mol. The number of benzene rings is 1. The number of hydrogen-bond acceptors (Lipinski definition) is 2. The van der Waals surface area contributed by atoms with Gasteiger partial charge in [-0.15, -0.1) is 0 Å². The highest BCUT2D eigenvalue weighted by atomic mass is 19.0. The normalized spacial score (nSPS) is 7.53. The lowest BCUT2D eigenvalue weighted by Gasteiger charge is -1.95. The van der Waals surface area contributed by atoms with Crippen LogP contribution in [0.2, 0.25) is 0 Å². The Hall–Kier alpha value is -1.65. The van der Waals surface area contributed by atoms with Crippen LogP contribution in [0.1, 0.15) is 23.7 Å². The third-order valence-corrected chi connectivity index (χ3v) is 1.51. The van der Waals surface area contributed by atoms with Crippen LogP contribution in [0.4, 0.5) is 14.1 Å². The van der Waals surface area contributed by atoms with Crippen LogP contribution in [-0.2, 0) is 4.79 Å². The summed E-state index contributed by atoms with van der Waals surface area (Å²) in [4.78, 5) is 21.8. The Labute approximate surface area is 85.4 Å². The molecular formula is C10H13F3O2. The lowest BCUT2D eigenvalue weighted by atomic mass is 10.1. The molecule has 1 aromatic carbocycles. The van der Waals surface area contributed by atoms with Crippen molar-refractivity contribution in [1.82, 2.24) is 0 Å². The quantitative estimate of drug-likeness (QED) is 0.581. The van der Waals surface area contributed by atoms with Gasteiger partial charge in [-0.3, -0.25) is 23.7 Å². The first-order chi connectivity index (χ1) is 5.70. The molecule has 1 aromatic rings. The van der Waals surface area contributed by atoms with Crippen LogP contribution in [0, 0.1) is 0 Å². The highest BCUT2D eigenvalue weighted by molar-refractivity contribution is 6.07. The van der Waals surface area contributed by atoms with Crippen LogP contribution in [0.3, 0.4) is 0 Å². The highest BCUT2D eigenvalue weighted by Crippen LogP contribution is 2.02. The first-order valence-electron chi connectivity index (χ1n) is 3.78. The molecule has 1 rings (SSSR count). The van der Waals surface area contributed by atoms with Crippen molar-refractivity contribution in [2.45, 2.75) is 13.3 Å². The number of Topliss-reactive ketones (excluding diaryl/α,β-unsaturated/α-hetero) is 2. The summed E-state index contributed by atoms with van der Waals surface area (Å²) in [6, 6.07) is 8.84. The summed E-state index contributed by atoms with van der Waals surface area (Å²) in [6.07, 6.45) is 0.00398. The monoisotopic (exact) mass is 222 g/mol. The minimum Gasteiger partial charge on any atom is -0.300 e. The molecule has 2 nitrogen and oxygen atoms in total. The summed E-state index contributed by atoms with van der Waals surface area (Å²) >= 11 is 0. The number of hydrogen-bond donors (Lipinski definition) is 0. The van der Waals surface area contributed by atoms with Crippen LogP contribution in [-0.4, -0.2) is 11.6 Å². The van der Waals surface area contributed by atoms with E-state index in [0.29, 0.717) is 5.56 Å². The molecule has 0 heterocycles. The molecule has 0 spiro atoms. The van der Waals surface area contributed by atoms with E-state index in [4.69, 9.17) is 0 Å². The summed E-state index contributed by atoms with van der Waals surface area (Å²) in [5.74, 6) is -0.202. The zero-order chi connectivity index (χ0) is 8.97. The van der Waals surface area contributed by atoms with Crippen LogP contribution in [0.15, 0.2) is 30.3 Å². The molecule has 0 unspecified atom stereocenters. The molecule has 0 aliphatic carbocycles. The van der Waals surface area contributed by atoms with Crippen LogP contribution in [0.25, 0.3) is 0 Å². The molecule has 0 amide bonds. The molecular weight excluding hydrogens is 209 g/mol. The lowest BCUT2D eigenvalue weighted by Crippen LogP contribution is -2.04. The molecule has 0 bridgehead atoms. The number of carbonyl (C=O) groups is 2. The molecule has 0 N–H and O–H groups in total. The topological polar surface area (TPSA) is 34.1 Å². The molecule has 5 heteroatoms. The molecule has 0 radical (unpaired) electrons. The number of halogens is 3. The van der Waals surface area contributed by atoms with Gasteiger partial charge in [0, 0.05) is 5.56 Å². The van der Waals surface area contributed by atoms with Crippen molar-refractivity contribution < 1.29 is 23.7 Å². The highest BCUT2D eigenvalue weighted by Gasteiger charge is 2.06. The van der Waals surface area contributed by atoms with E-state index in [1.807, 2.05) is 6.07 Å². The van der Waals surface area contributed by atoms with Crippen LogP contribution >= 0.6 is 0 Å². The van der Waals surface area contributed by atoms with Gasteiger partial charge in [-0.2, -0.15) is 0 Å². The van der Waals surface area contributed by atoms with Gasteiger partial charge in [0.15, 0.2) is 5.78 Å². The van der Waals surface area contributed by atoms with E-state index >= 15 is 0 Å². The van der Waals surface area contributed by atoms with Gasteiger partial charge in [0.25, 0.3) is 0 Å². The van der Waals surface area contributed by atoms with Gasteiger partial charge in [0.1, 0.15) is 5.78 Å². The molecule has 0 fully saturated rings. The number of rotatable bonds is 3. The van der Waals surface area contributed by atoms with Crippen LogP contribution in [0.5, 0.6) is 0 Å². The van der Waals surface area contributed by atoms with Gasteiger partial charge in [-0.1, -0.05) is 30.3 Å². The van der Waals surface area contributed by atoms with Crippen molar-refractivity contribution >= 4 is 11.6 Å². The zero-order valence-electron chi connectivity index (χ0n) is 8.14. The summed E-state index contributed by atoms with van der Waals surface area (Å²) in [5, 5.41) is 0. The van der Waals surface area contributed by atoms with Crippen molar-refractivity contribution in [2.24, 2.45) is 0 Å². The third kappa shape index (κ3) is 6.42. The summed E-state index contributed by atoms with van der Waals surface area (Å²) < 4.78 is 0. The van der Waals surface area contributed by atoms with Gasteiger partial charge >= 0.3 is 0 Å². The maximum absolute atomic E-state index is 11.2. The van der Waals surface area contributed by atoms with Crippen molar-refractivity contribution in [3.8, 4) is 0 Å². The Morgan fingerprint density at radius 1 is 1.00 bits per heavy atom. The molecule has 15 heavy (non-hydrogen) atoms. The van der Waals surface area contributed by atoms with E-state index in [9.17, 15) is 9.59 Å². The van der Waals surface area contributed by atoms with Gasteiger partial charge in [-0.25, -0.2) is 0 Å². The zero-order valence-corrected chi connectivity index (χ0v) is 8.14. The molecule has 0 aliphatic rings. The number of ketones is 2. The fraction of sp³-hybridized carbons (Fsp3) is 0.200. The van der Waals surface area contributed by atoms with E-state index in [1.165, 1.54) is 6.92 Å². The minimum absolute atomic E-state index is 0. The maximum atomic E-state index is 11.2. The van der Waals surface area contributed by atoms with E-state index in [2.05, 4.69) is 0 Å². The van der Waals surface area contributed by atoms with E-state index in [1.54, 1.807) is 24.3 Å². The second kappa shape index (κ2) is 8.93. The summed E-state index contributed by atoms with van der Waals surface area (Å²) in [6.45, 7) is 1.42. The van der Waals surface area contributed by atoms with Crippen LogP contribution < -0.4 is 0 Å². The molecule has 0 aromatic heterocycles. The Bertz CT molecular complexity index is 299. The first-order valence-corrected chi connectivity index (χ1v) is 3.78. The van der Waals surface area contributed by atoms with E-state index in [-0.39, 0.29) is 32.1 Å². The number of carbonyl (C=O) groups excluding carboxylic acids is 2. The van der Waals surface area contributed by atoms with Crippen molar-refractivity contribution in [3.63, 3.8) is 0 Å². The maximum Gasteiger partial charge on any atom is 0.170 e. The predicted octanol–water partition coefficient (Wildman–Crippen LogP) is 2.31. The minimum atomic E-state index is -0.108. The van der Waals surface area contributed by atoms with Gasteiger partial charge in [0.2, 0.25) is 0 Å². The Kier molecular flexibility index (Phi) is 11.3. The van der Waals surface area contributed by atoms with Crippen molar-refractivity contribution in [3.05, 3.63) is 35.9 Å². The molecule has 86 valence electrons. The first kappa shape index (κ1) is 19.0.